The number of H-pyrrole nitrogens is 1. The van der Waals surface area contributed by atoms with Gasteiger partial charge in [0.1, 0.15) is 11.6 Å². The minimum absolute atomic E-state index is 0.228. The van der Waals surface area contributed by atoms with Crippen LogP contribution in [0.5, 0.6) is 0 Å². The van der Waals surface area contributed by atoms with Crippen LogP contribution in [-0.4, -0.2) is 46.0 Å². The summed E-state index contributed by atoms with van der Waals surface area (Å²) < 4.78 is 0. The zero-order valence-electron chi connectivity index (χ0n) is 13.4. The third kappa shape index (κ3) is 2.85. The van der Waals surface area contributed by atoms with Gasteiger partial charge >= 0.3 is 0 Å². The van der Waals surface area contributed by atoms with E-state index in [2.05, 4.69) is 49.0 Å². The third-order valence-corrected chi connectivity index (χ3v) is 4.51. The lowest BCUT2D eigenvalue weighted by Gasteiger charge is -2.35. The first kappa shape index (κ1) is 14.8. The van der Waals surface area contributed by atoms with E-state index >= 15 is 0 Å². The summed E-state index contributed by atoms with van der Waals surface area (Å²) in [7, 11) is 0. The lowest BCUT2D eigenvalue weighted by molar-refractivity contribution is 0.250. The SMILES string of the molecule is Nc1cc(N2CCN(Cc3cccc4cc[nH]c34)CC2)nc(N)n1. The van der Waals surface area contributed by atoms with Gasteiger partial charge in [0.2, 0.25) is 5.95 Å². The summed E-state index contributed by atoms with van der Waals surface area (Å²) in [5, 5.41) is 1.26. The summed E-state index contributed by atoms with van der Waals surface area (Å²) in [6.07, 6.45) is 2.00. The van der Waals surface area contributed by atoms with Crippen molar-refractivity contribution in [3.05, 3.63) is 42.1 Å². The summed E-state index contributed by atoms with van der Waals surface area (Å²) in [6, 6.07) is 10.3. The first-order valence-corrected chi connectivity index (χ1v) is 8.11. The minimum atomic E-state index is 0.228. The van der Waals surface area contributed by atoms with Crippen LogP contribution in [0.25, 0.3) is 10.9 Å². The lowest BCUT2D eigenvalue weighted by Crippen LogP contribution is -2.46. The Morgan fingerprint density at radius 1 is 1.04 bits per heavy atom. The summed E-state index contributed by atoms with van der Waals surface area (Å²) >= 11 is 0. The largest absolute Gasteiger partial charge is 0.383 e. The highest BCUT2D eigenvalue weighted by atomic mass is 15.3. The van der Waals surface area contributed by atoms with Gasteiger partial charge in [0, 0.05) is 50.5 Å². The van der Waals surface area contributed by atoms with Crippen LogP contribution < -0.4 is 16.4 Å². The molecular weight excluding hydrogens is 302 g/mol. The summed E-state index contributed by atoms with van der Waals surface area (Å²) in [5.41, 5.74) is 14.0. The number of nitrogens with two attached hydrogens (primary N) is 2. The van der Waals surface area contributed by atoms with Gasteiger partial charge in [-0.2, -0.15) is 9.97 Å². The van der Waals surface area contributed by atoms with Crippen LogP contribution in [0, 0.1) is 0 Å². The van der Waals surface area contributed by atoms with E-state index in [9.17, 15) is 0 Å². The molecule has 7 nitrogen and oxygen atoms in total. The second-order valence-electron chi connectivity index (χ2n) is 6.13. The second-order valence-corrected chi connectivity index (χ2v) is 6.13. The number of anilines is 3. The highest BCUT2D eigenvalue weighted by Gasteiger charge is 2.19. The van der Waals surface area contributed by atoms with Crippen molar-refractivity contribution >= 4 is 28.5 Å². The van der Waals surface area contributed by atoms with E-state index in [1.807, 2.05) is 6.20 Å². The molecule has 1 aliphatic rings. The van der Waals surface area contributed by atoms with Gasteiger partial charge in [-0.1, -0.05) is 18.2 Å². The standard InChI is InChI=1S/C17H21N7/c18-14-10-15(22-17(19)21-14)24-8-6-23(7-9-24)11-13-3-1-2-12-4-5-20-16(12)13/h1-5,10,20H,6-9,11H2,(H4,18,19,21,22). The van der Waals surface area contributed by atoms with Crippen LogP contribution >= 0.6 is 0 Å². The Labute approximate surface area is 140 Å². The highest BCUT2D eigenvalue weighted by Crippen LogP contribution is 2.21. The van der Waals surface area contributed by atoms with Crippen molar-refractivity contribution in [2.45, 2.75) is 6.54 Å². The van der Waals surface area contributed by atoms with Crippen molar-refractivity contribution in [2.75, 3.05) is 42.5 Å². The maximum Gasteiger partial charge on any atom is 0.223 e. The molecule has 0 bridgehead atoms. The minimum Gasteiger partial charge on any atom is -0.383 e. The van der Waals surface area contributed by atoms with Crippen LogP contribution in [0.4, 0.5) is 17.6 Å². The number of nitrogen functional groups attached to an aromatic ring is 2. The molecule has 5 N–H and O–H groups in total. The molecule has 24 heavy (non-hydrogen) atoms. The Bertz CT molecular complexity index is 829. The van der Waals surface area contributed by atoms with Crippen molar-refractivity contribution in [2.24, 2.45) is 0 Å². The Balaban J connectivity index is 1.44. The van der Waals surface area contributed by atoms with E-state index in [1.54, 1.807) is 6.07 Å². The third-order valence-electron chi connectivity index (χ3n) is 4.51. The molecule has 7 heteroatoms. The molecule has 0 aliphatic carbocycles. The molecule has 1 aliphatic heterocycles. The fourth-order valence-electron chi connectivity index (χ4n) is 3.29. The first-order chi connectivity index (χ1) is 11.7. The molecule has 0 atom stereocenters. The summed E-state index contributed by atoms with van der Waals surface area (Å²) in [6.45, 7) is 4.69. The maximum absolute atomic E-state index is 5.77. The molecule has 3 heterocycles. The van der Waals surface area contributed by atoms with Crippen LogP contribution in [0.15, 0.2) is 36.5 Å². The lowest BCUT2D eigenvalue weighted by atomic mass is 10.1. The van der Waals surface area contributed by atoms with Crippen molar-refractivity contribution in [1.29, 1.82) is 0 Å². The van der Waals surface area contributed by atoms with E-state index in [4.69, 9.17) is 11.5 Å². The molecule has 1 fully saturated rings. The second kappa shape index (κ2) is 6.01. The number of hydrogen-bond donors (Lipinski definition) is 3. The topological polar surface area (TPSA) is 100 Å². The van der Waals surface area contributed by atoms with E-state index in [0.717, 1.165) is 38.5 Å². The fourth-order valence-corrected chi connectivity index (χ4v) is 3.29. The van der Waals surface area contributed by atoms with E-state index < -0.39 is 0 Å². The van der Waals surface area contributed by atoms with Gasteiger partial charge in [-0.15, -0.1) is 0 Å². The molecule has 124 valence electrons. The van der Waals surface area contributed by atoms with Crippen LogP contribution in [-0.2, 0) is 6.54 Å². The zero-order chi connectivity index (χ0) is 16.5. The number of aromatic nitrogens is 3. The number of piperazine rings is 1. The molecule has 0 spiro atoms. The van der Waals surface area contributed by atoms with Gasteiger partial charge in [0.05, 0.1) is 0 Å². The van der Waals surface area contributed by atoms with Crippen molar-refractivity contribution in [1.82, 2.24) is 19.9 Å². The van der Waals surface area contributed by atoms with Crippen LogP contribution in [0.3, 0.4) is 0 Å². The number of nitrogens with zero attached hydrogens (tertiary/aromatic N) is 4. The molecule has 0 radical (unpaired) electrons. The molecule has 4 rings (SSSR count). The van der Waals surface area contributed by atoms with E-state index in [0.29, 0.717) is 5.82 Å². The van der Waals surface area contributed by atoms with E-state index in [1.165, 1.54) is 16.5 Å². The number of fused-ring (bicyclic) bond motifs is 1. The number of para-hydroxylation sites is 1. The Hall–Kier alpha value is -2.80. The number of benzene rings is 1. The molecule has 0 unspecified atom stereocenters. The average Bonchev–Trinajstić information content (AvgIpc) is 3.04. The van der Waals surface area contributed by atoms with Crippen LogP contribution in [0.2, 0.25) is 0 Å². The number of hydrogen-bond acceptors (Lipinski definition) is 6. The normalized spacial score (nSPS) is 15.9. The number of nitrogens with one attached hydrogen (secondary N) is 1. The maximum atomic E-state index is 5.77. The van der Waals surface area contributed by atoms with E-state index in [-0.39, 0.29) is 5.95 Å². The predicted octanol–water partition coefficient (Wildman–Crippen LogP) is 1.44. The zero-order valence-corrected chi connectivity index (χ0v) is 13.4. The van der Waals surface area contributed by atoms with Crippen molar-refractivity contribution in [3.63, 3.8) is 0 Å². The van der Waals surface area contributed by atoms with Gasteiger partial charge in [-0.05, 0) is 17.0 Å². The van der Waals surface area contributed by atoms with Gasteiger partial charge in [0.15, 0.2) is 0 Å². The Kier molecular flexibility index (Phi) is 3.70. The Morgan fingerprint density at radius 3 is 2.67 bits per heavy atom. The molecular formula is C17H21N7. The monoisotopic (exact) mass is 323 g/mol. The molecule has 1 aromatic carbocycles. The predicted molar refractivity (Wildman–Crippen MR) is 96.6 cm³/mol. The van der Waals surface area contributed by atoms with Gasteiger partial charge in [-0.3, -0.25) is 4.90 Å². The smallest absolute Gasteiger partial charge is 0.223 e. The number of aromatic amines is 1. The van der Waals surface area contributed by atoms with Gasteiger partial charge < -0.3 is 21.4 Å². The summed E-state index contributed by atoms with van der Waals surface area (Å²) in [5.74, 6) is 1.45. The summed E-state index contributed by atoms with van der Waals surface area (Å²) in [4.78, 5) is 16.2. The Morgan fingerprint density at radius 2 is 1.88 bits per heavy atom. The van der Waals surface area contributed by atoms with Gasteiger partial charge in [0.25, 0.3) is 0 Å². The molecule has 0 amide bonds. The molecule has 0 saturated carbocycles. The fraction of sp³-hybridized carbons (Fsp3) is 0.294. The molecule has 3 aromatic rings. The first-order valence-electron chi connectivity index (χ1n) is 8.11. The molecule has 1 saturated heterocycles. The highest BCUT2D eigenvalue weighted by molar-refractivity contribution is 5.82. The van der Waals surface area contributed by atoms with Crippen molar-refractivity contribution in [3.8, 4) is 0 Å². The number of rotatable bonds is 3. The van der Waals surface area contributed by atoms with Crippen LogP contribution in [0.1, 0.15) is 5.56 Å². The molecule has 2 aromatic heterocycles. The average molecular weight is 323 g/mol. The van der Waals surface area contributed by atoms with Gasteiger partial charge in [-0.25, -0.2) is 0 Å². The quantitative estimate of drug-likeness (QED) is 0.674. The van der Waals surface area contributed by atoms with Crippen molar-refractivity contribution < 1.29 is 0 Å².